The van der Waals surface area contributed by atoms with E-state index in [-0.39, 0.29) is 23.2 Å². The average Bonchev–Trinajstić information content (AvgIpc) is 3.20. The first-order chi connectivity index (χ1) is 16.7. The van der Waals surface area contributed by atoms with Gasteiger partial charge >= 0.3 is 0 Å². The summed E-state index contributed by atoms with van der Waals surface area (Å²) in [6.45, 7) is 1.00. The van der Waals surface area contributed by atoms with E-state index in [0.717, 1.165) is 17.2 Å². The predicted molar refractivity (Wildman–Crippen MR) is 134 cm³/mol. The van der Waals surface area contributed by atoms with Crippen LogP contribution in [0.15, 0.2) is 83.8 Å². The fourth-order valence-electron chi connectivity index (χ4n) is 3.94. The lowest BCUT2D eigenvalue weighted by molar-refractivity contribution is 0.0778. The highest BCUT2D eigenvalue weighted by Crippen LogP contribution is 2.23. The minimum atomic E-state index is -3.31. The lowest BCUT2D eigenvalue weighted by atomic mass is 10.2. The highest BCUT2D eigenvalue weighted by Gasteiger charge is 2.20. The fourth-order valence-corrected chi connectivity index (χ4v) is 4.59. The van der Waals surface area contributed by atoms with Gasteiger partial charge in [0.05, 0.1) is 18.0 Å². The molecule has 0 unspecified atom stereocenters. The molecule has 0 N–H and O–H groups in total. The number of fused-ring (bicyclic) bond motifs is 1. The molecule has 0 aliphatic carbocycles. The molecule has 1 aromatic heterocycles. The van der Waals surface area contributed by atoms with E-state index in [4.69, 9.17) is 4.74 Å². The van der Waals surface area contributed by atoms with Crippen LogP contribution in [0.5, 0.6) is 5.75 Å². The zero-order valence-corrected chi connectivity index (χ0v) is 20.5. The molecule has 3 aromatic carbocycles. The van der Waals surface area contributed by atoms with Gasteiger partial charge in [0.25, 0.3) is 5.91 Å². The molecule has 0 spiro atoms. The van der Waals surface area contributed by atoms with Gasteiger partial charge in [0.2, 0.25) is 0 Å². The van der Waals surface area contributed by atoms with Crippen LogP contribution in [0.3, 0.4) is 0 Å². The number of nitrogens with zero attached hydrogens (tertiary/aromatic N) is 2. The molecule has 0 aliphatic rings. The van der Waals surface area contributed by atoms with Gasteiger partial charge in [0, 0.05) is 36.3 Å². The van der Waals surface area contributed by atoms with Gasteiger partial charge in [-0.05, 0) is 42.8 Å². The standard InChI is InChI=1S/C27H27FN2O4S/c1-29(15-8-16-34-22-11-7-12-23(18-22)35(2,32)33)27(31)26-17-20-9-4-6-14-25(20)30(26)19-21-10-3-5-13-24(21)28/h3-7,9-14,17-18H,8,15-16,19H2,1-2H3. The van der Waals surface area contributed by atoms with Gasteiger partial charge < -0.3 is 14.2 Å². The Labute approximate surface area is 204 Å². The second kappa shape index (κ2) is 10.3. The normalized spacial score (nSPS) is 11.5. The molecule has 0 radical (unpaired) electrons. The largest absolute Gasteiger partial charge is 0.493 e. The molecule has 1 amide bonds. The third-order valence-electron chi connectivity index (χ3n) is 5.80. The number of carbonyl (C=O) groups excluding carboxylic acids is 1. The van der Waals surface area contributed by atoms with Crippen LogP contribution in [0.2, 0.25) is 0 Å². The van der Waals surface area contributed by atoms with E-state index in [1.54, 1.807) is 42.3 Å². The Morgan fingerprint density at radius 2 is 1.74 bits per heavy atom. The number of ether oxygens (including phenoxy) is 1. The number of hydrogen-bond donors (Lipinski definition) is 0. The van der Waals surface area contributed by atoms with Crippen molar-refractivity contribution in [2.45, 2.75) is 17.9 Å². The maximum atomic E-state index is 14.4. The van der Waals surface area contributed by atoms with Crippen LogP contribution in [-0.4, -0.2) is 50.2 Å². The van der Waals surface area contributed by atoms with Crippen LogP contribution >= 0.6 is 0 Å². The van der Waals surface area contributed by atoms with Crippen LogP contribution in [0, 0.1) is 5.82 Å². The van der Waals surface area contributed by atoms with Crippen LogP contribution in [-0.2, 0) is 16.4 Å². The molecule has 182 valence electrons. The summed E-state index contributed by atoms with van der Waals surface area (Å²) >= 11 is 0. The SMILES string of the molecule is CN(CCCOc1cccc(S(C)(=O)=O)c1)C(=O)c1cc2ccccc2n1Cc1ccccc1F. The maximum absolute atomic E-state index is 14.4. The van der Waals surface area contributed by atoms with Crippen LogP contribution in [0.4, 0.5) is 4.39 Å². The molecular weight excluding hydrogens is 467 g/mol. The first kappa shape index (κ1) is 24.5. The molecule has 0 bridgehead atoms. The van der Waals surface area contributed by atoms with Gasteiger partial charge in [-0.1, -0.05) is 42.5 Å². The minimum Gasteiger partial charge on any atom is -0.493 e. The quantitative estimate of drug-likeness (QED) is 0.314. The molecule has 4 aromatic rings. The number of hydrogen-bond acceptors (Lipinski definition) is 4. The number of aromatic nitrogens is 1. The van der Waals surface area contributed by atoms with Gasteiger partial charge in [-0.15, -0.1) is 0 Å². The van der Waals surface area contributed by atoms with Crippen molar-refractivity contribution in [2.75, 3.05) is 26.5 Å². The molecule has 0 saturated carbocycles. The molecule has 0 saturated heterocycles. The number of rotatable bonds is 9. The zero-order chi connectivity index (χ0) is 25.0. The lowest BCUT2D eigenvalue weighted by Crippen LogP contribution is -2.30. The number of benzene rings is 3. The minimum absolute atomic E-state index is 0.170. The highest BCUT2D eigenvalue weighted by molar-refractivity contribution is 7.90. The number of carbonyl (C=O) groups is 1. The summed E-state index contributed by atoms with van der Waals surface area (Å²) in [6, 6.07) is 22.4. The maximum Gasteiger partial charge on any atom is 0.270 e. The Balaban J connectivity index is 1.45. The summed E-state index contributed by atoms with van der Waals surface area (Å²) in [7, 11) is -1.59. The van der Waals surface area contributed by atoms with Crippen LogP contribution in [0.1, 0.15) is 22.5 Å². The molecule has 35 heavy (non-hydrogen) atoms. The molecule has 0 atom stereocenters. The zero-order valence-electron chi connectivity index (χ0n) is 19.6. The van der Waals surface area contributed by atoms with E-state index < -0.39 is 9.84 Å². The Kier molecular flexibility index (Phi) is 7.21. The van der Waals surface area contributed by atoms with E-state index >= 15 is 0 Å². The van der Waals surface area contributed by atoms with Gasteiger partial charge in [-0.3, -0.25) is 4.79 Å². The van der Waals surface area contributed by atoms with Gasteiger partial charge in [-0.2, -0.15) is 0 Å². The first-order valence-corrected chi connectivity index (χ1v) is 13.1. The third kappa shape index (κ3) is 5.71. The Morgan fingerprint density at radius 3 is 2.51 bits per heavy atom. The number of amides is 1. The summed E-state index contributed by atoms with van der Waals surface area (Å²) < 4.78 is 45.3. The first-order valence-electron chi connectivity index (χ1n) is 11.2. The van der Waals surface area contributed by atoms with E-state index in [1.807, 2.05) is 34.9 Å². The van der Waals surface area contributed by atoms with Crippen LogP contribution in [0.25, 0.3) is 10.9 Å². The summed E-state index contributed by atoms with van der Waals surface area (Å²) in [5.41, 5.74) is 1.86. The summed E-state index contributed by atoms with van der Waals surface area (Å²) in [5, 5.41) is 0.912. The molecular formula is C27H27FN2O4S. The third-order valence-corrected chi connectivity index (χ3v) is 6.91. The van der Waals surface area contributed by atoms with Crippen molar-refractivity contribution in [1.82, 2.24) is 9.47 Å². The predicted octanol–water partition coefficient (Wildman–Crippen LogP) is 4.77. The summed E-state index contributed by atoms with van der Waals surface area (Å²) in [4.78, 5) is 15.1. The van der Waals surface area contributed by atoms with E-state index in [1.165, 1.54) is 18.2 Å². The smallest absolute Gasteiger partial charge is 0.270 e. The van der Waals surface area contributed by atoms with Crippen molar-refractivity contribution in [3.05, 3.63) is 95.9 Å². The Bertz CT molecular complexity index is 1460. The Hall–Kier alpha value is -3.65. The monoisotopic (exact) mass is 494 g/mol. The fraction of sp³-hybridized carbons (Fsp3) is 0.222. The Morgan fingerprint density at radius 1 is 1.00 bits per heavy atom. The summed E-state index contributed by atoms with van der Waals surface area (Å²) in [5.74, 6) is -0.0161. The van der Waals surface area contributed by atoms with E-state index in [0.29, 0.717) is 36.6 Å². The lowest BCUT2D eigenvalue weighted by Gasteiger charge is -2.19. The topological polar surface area (TPSA) is 68.6 Å². The molecule has 4 rings (SSSR count). The number of sulfone groups is 1. The van der Waals surface area contributed by atoms with Gasteiger partial charge in [0.1, 0.15) is 17.3 Å². The average molecular weight is 495 g/mol. The second-order valence-corrected chi connectivity index (χ2v) is 10.5. The van der Waals surface area contributed by atoms with Crippen molar-refractivity contribution >= 4 is 26.6 Å². The van der Waals surface area contributed by atoms with Crippen LogP contribution < -0.4 is 4.74 Å². The number of para-hydroxylation sites is 1. The van der Waals surface area contributed by atoms with Crippen molar-refractivity contribution in [2.24, 2.45) is 0 Å². The molecule has 1 heterocycles. The molecule has 8 heteroatoms. The molecule has 0 fully saturated rings. The van der Waals surface area contributed by atoms with Gasteiger partial charge in [-0.25, -0.2) is 12.8 Å². The molecule has 6 nitrogen and oxygen atoms in total. The summed E-state index contributed by atoms with van der Waals surface area (Å²) in [6.07, 6.45) is 1.71. The van der Waals surface area contributed by atoms with Crippen molar-refractivity contribution in [3.63, 3.8) is 0 Å². The van der Waals surface area contributed by atoms with E-state index in [2.05, 4.69) is 0 Å². The van der Waals surface area contributed by atoms with Crippen molar-refractivity contribution < 1.29 is 22.3 Å². The number of halogens is 1. The molecule has 0 aliphatic heterocycles. The second-order valence-electron chi connectivity index (χ2n) is 8.44. The van der Waals surface area contributed by atoms with Gasteiger partial charge in [0.15, 0.2) is 9.84 Å². The van der Waals surface area contributed by atoms with Crippen molar-refractivity contribution in [3.8, 4) is 5.75 Å². The van der Waals surface area contributed by atoms with E-state index in [9.17, 15) is 17.6 Å². The highest BCUT2D eigenvalue weighted by atomic mass is 32.2. The van der Waals surface area contributed by atoms with Crippen molar-refractivity contribution in [1.29, 1.82) is 0 Å².